The van der Waals surface area contributed by atoms with Crippen molar-refractivity contribution in [3.63, 3.8) is 0 Å². The van der Waals surface area contributed by atoms with E-state index in [4.69, 9.17) is 9.84 Å². The molecule has 6 nitrogen and oxygen atoms in total. The van der Waals surface area contributed by atoms with E-state index in [9.17, 15) is 9.59 Å². The first-order valence-electron chi connectivity index (χ1n) is 7.20. The average Bonchev–Trinajstić information content (AvgIpc) is 2.41. The molecule has 0 bridgehead atoms. The van der Waals surface area contributed by atoms with E-state index in [0.717, 1.165) is 12.8 Å². The fraction of sp³-hybridized carbons (Fsp3) is 0.857. The van der Waals surface area contributed by atoms with Gasteiger partial charge >= 0.3 is 12.0 Å². The monoisotopic (exact) mass is 286 g/mol. The summed E-state index contributed by atoms with van der Waals surface area (Å²) in [5.74, 6) is -1.01. The van der Waals surface area contributed by atoms with Gasteiger partial charge in [0, 0.05) is 20.2 Å². The zero-order valence-electron chi connectivity index (χ0n) is 12.5. The fourth-order valence-electron chi connectivity index (χ4n) is 2.60. The van der Waals surface area contributed by atoms with Crippen molar-refractivity contribution >= 4 is 12.0 Å². The Morgan fingerprint density at radius 1 is 1.30 bits per heavy atom. The van der Waals surface area contributed by atoms with Gasteiger partial charge in [-0.1, -0.05) is 26.2 Å². The minimum atomic E-state index is -1.01. The van der Waals surface area contributed by atoms with Crippen molar-refractivity contribution in [2.24, 2.45) is 5.41 Å². The van der Waals surface area contributed by atoms with Gasteiger partial charge in [0.1, 0.15) is 6.54 Å². The maximum Gasteiger partial charge on any atom is 0.323 e. The predicted octanol–water partition coefficient (Wildman–Crippen LogP) is 1.70. The Kier molecular flexibility index (Phi) is 6.78. The lowest BCUT2D eigenvalue weighted by molar-refractivity contribution is -0.137. The first kappa shape index (κ1) is 16.8. The SMILES string of the molecule is COCCN(CC(=O)O)C(=O)NCC1(C)CCCCC1. The van der Waals surface area contributed by atoms with Crippen LogP contribution in [0.2, 0.25) is 0 Å². The third kappa shape index (κ3) is 5.77. The molecule has 1 aliphatic rings. The summed E-state index contributed by atoms with van der Waals surface area (Å²) in [6.07, 6.45) is 5.90. The van der Waals surface area contributed by atoms with Gasteiger partial charge in [-0.2, -0.15) is 0 Å². The molecule has 1 aliphatic carbocycles. The minimum Gasteiger partial charge on any atom is -0.480 e. The number of nitrogens with zero attached hydrogens (tertiary/aromatic N) is 1. The summed E-state index contributed by atoms with van der Waals surface area (Å²) in [5.41, 5.74) is 0.143. The number of urea groups is 1. The molecule has 1 saturated carbocycles. The molecule has 6 heteroatoms. The molecule has 0 unspecified atom stereocenters. The molecule has 0 radical (unpaired) electrons. The molecule has 1 fully saturated rings. The zero-order valence-corrected chi connectivity index (χ0v) is 12.5. The van der Waals surface area contributed by atoms with Crippen LogP contribution in [0.15, 0.2) is 0 Å². The molecule has 0 spiro atoms. The smallest absolute Gasteiger partial charge is 0.323 e. The second kappa shape index (κ2) is 8.09. The number of ether oxygens (including phenoxy) is 1. The van der Waals surface area contributed by atoms with Crippen molar-refractivity contribution in [2.75, 3.05) is 33.4 Å². The van der Waals surface area contributed by atoms with E-state index < -0.39 is 5.97 Å². The Balaban J connectivity index is 2.45. The second-order valence-corrected chi connectivity index (χ2v) is 5.84. The number of hydrogen-bond acceptors (Lipinski definition) is 3. The van der Waals surface area contributed by atoms with Crippen LogP contribution >= 0.6 is 0 Å². The highest BCUT2D eigenvalue weighted by Crippen LogP contribution is 2.34. The minimum absolute atomic E-state index is 0.143. The summed E-state index contributed by atoms with van der Waals surface area (Å²) in [7, 11) is 1.53. The van der Waals surface area contributed by atoms with E-state index in [-0.39, 0.29) is 24.5 Å². The Morgan fingerprint density at radius 3 is 2.50 bits per heavy atom. The van der Waals surface area contributed by atoms with Gasteiger partial charge in [0.15, 0.2) is 0 Å². The zero-order chi connectivity index (χ0) is 15.0. The van der Waals surface area contributed by atoms with Crippen LogP contribution in [0.4, 0.5) is 4.79 Å². The first-order chi connectivity index (χ1) is 9.47. The second-order valence-electron chi connectivity index (χ2n) is 5.84. The van der Waals surface area contributed by atoms with E-state index in [1.54, 1.807) is 0 Å². The summed E-state index contributed by atoms with van der Waals surface area (Å²) < 4.78 is 4.90. The highest BCUT2D eigenvalue weighted by molar-refractivity contribution is 5.80. The molecule has 0 aromatic rings. The maximum absolute atomic E-state index is 12.1. The number of aliphatic carboxylic acids is 1. The van der Waals surface area contributed by atoms with Crippen molar-refractivity contribution in [1.82, 2.24) is 10.2 Å². The summed E-state index contributed by atoms with van der Waals surface area (Å²) in [6, 6.07) is -0.323. The van der Waals surface area contributed by atoms with Gasteiger partial charge in [0.05, 0.1) is 6.61 Å². The number of carbonyl (C=O) groups is 2. The van der Waals surface area contributed by atoms with Crippen molar-refractivity contribution < 1.29 is 19.4 Å². The Hall–Kier alpha value is -1.30. The third-order valence-corrected chi connectivity index (χ3v) is 3.91. The van der Waals surface area contributed by atoms with Crippen LogP contribution in [0.3, 0.4) is 0 Å². The third-order valence-electron chi connectivity index (χ3n) is 3.91. The van der Waals surface area contributed by atoms with Gasteiger partial charge in [0.25, 0.3) is 0 Å². The largest absolute Gasteiger partial charge is 0.480 e. The van der Waals surface area contributed by atoms with Crippen LogP contribution in [0, 0.1) is 5.41 Å². The van der Waals surface area contributed by atoms with E-state index in [1.165, 1.54) is 31.3 Å². The summed E-state index contributed by atoms with van der Waals surface area (Å²) in [5, 5.41) is 11.7. The van der Waals surface area contributed by atoms with Crippen molar-refractivity contribution in [1.29, 1.82) is 0 Å². The lowest BCUT2D eigenvalue weighted by Crippen LogP contribution is -2.47. The number of carboxylic acid groups (broad SMARTS) is 1. The van der Waals surface area contributed by atoms with Gasteiger partial charge in [-0.05, 0) is 18.3 Å². The summed E-state index contributed by atoms with van der Waals surface area (Å²) >= 11 is 0. The summed E-state index contributed by atoms with van der Waals surface area (Å²) in [4.78, 5) is 24.1. The molecule has 116 valence electrons. The van der Waals surface area contributed by atoms with Crippen LogP contribution in [-0.4, -0.2) is 55.4 Å². The lowest BCUT2D eigenvalue weighted by atomic mass is 9.76. The molecule has 0 atom stereocenters. The highest BCUT2D eigenvalue weighted by atomic mass is 16.5. The van der Waals surface area contributed by atoms with Gasteiger partial charge in [-0.3, -0.25) is 4.79 Å². The molecule has 1 rings (SSSR count). The number of nitrogens with one attached hydrogen (secondary N) is 1. The number of hydrogen-bond donors (Lipinski definition) is 2. The lowest BCUT2D eigenvalue weighted by Gasteiger charge is -2.34. The Bertz CT molecular complexity index is 327. The van der Waals surface area contributed by atoms with Gasteiger partial charge < -0.3 is 20.1 Å². The van der Waals surface area contributed by atoms with E-state index in [2.05, 4.69) is 12.2 Å². The highest BCUT2D eigenvalue weighted by Gasteiger charge is 2.28. The van der Waals surface area contributed by atoms with Gasteiger partial charge in [-0.25, -0.2) is 4.79 Å². The molecule has 0 saturated heterocycles. The quantitative estimate of drug-likeness (QED) is 0.746. The van der Waals surface area contributed by atoms with E-state index in [1.807, 2.05) is 0 Å². The first-order valence-corrected chi connectivity index (χ1v) is 7.20. The van der Waals surface area contributed by atoms with Crippen LogP contribution in [0.25, 0.3) is 0 Å². The summed E-state index contributed by atoms with van der Waals surface area (Å²) in [6.45, 7) is 3.10. The van der Waals surface area contributed by atoms with Crippen molar-refractivity contribution in [3.8, 4) is 0 Å². The molecule has 0 aromatic carbocycles. The Labute approximate surface area is 120 Å². The van der Waals surface area contributed by atoms with Gasteiger partial charge in [0.2, 0.25) is 0 Å². The maximum atomic E-state index is 12.1. The molecule has 0 aromatic heterocycles. The number of rotatable bonds is 7. The average molecular weight is 286 g/mol. The van der Waals surface area contributed by atoms with Crippen LogP contribution in [0.5, 0.6) is 0 Å². The van der Waals surface area contributed by atoms with E-state index in [0.29, 0.717) is 13.2 Å². The predicted molar refractivity (Wildman–Crippen MR) is 75.7 cm³/mol. The molecular formula is C14H26N2O4. The molecule has 20 heavy (non-hydrogen) atoms. The molecule has 0 heterocycles. The Morgan fingerprint density at radius 2 is 1.95 bits per heavy atom. The van der Waals surface area contributed by atoms with Crippen LogP contribution in [-0.2, 0) is 9.53 Å². The normalized spacial score (nSPS) is 17.5. The number of amides is 2. The van der Waals surface area contributed by atoms with Gasteiger partial charge in [-0.15, -0.1) is 0 Å². The van der Waals surface area contributed by atoms with E-state index >= 15 is 0 Å². The number of carboxylic acids is 1. The topological polar surface area (TPSA) is 78.9 Å². The van der Waals surface area contributed by atoms with Crippen molar-refractivity contribution in [2.45, 2.75) is 39.0 Å². The van der Waals surface area contributed by atoms with Crippen molar-refractivity contribution in [3.05, 3.63) is 0 Å². The molecule has 2 N–H and O–H groups in total. The number of carbonyl (C=O) groups excluding carboxylic acids is 1. The molecule has 2 amide bonds. The van der Waals surface area contributed by atoms with Crippen LogP contribution < -0.4 is 5.32 Å². The molecular weight excluding hydrogens is 260 g/mol. The number of methoxy groups -OCH3 is 1. The fourth-order valence-corrected chi connectivity index (χ4v) is 2.60. The molecule has 0 aliphatic heterocycles. The standard InChI is InChI=1S/C14H26N2O4/c1-14(6-4-3-5-7-14)11-15-13(19)16(8-9-20-2)10-12(17)18/h3-11H2,1-2H3,(H,15,19)(H,17,18). The van der Waals surface area contributed by atoms with Crippen LogP contribution in [0.1, 0.15) is 39.0 Å².